The first-order chi connectivity index (χ1) is 9.33. The monoisotopic (exact) mass is 292 g/mol. The van der Waals surface area contributed by atoms with Gasteiger partial charge in [-0.15, -0.1) is 0 Å². The van der Waals surface area contributed by atoms with Gasteiger partial charge in [-0.25, -0.2) is 8.42 Å². The summed E-state index contributed by atoms with van der Waals surface area (Å²) in [4.78, 5) is 0.000121. The van der Waals surface area contributed by atoms with Crippen LogP contribution in [0.25, 0.3) is 0 Å². The summed E-state index contributed by atoms with van der Waals surface area (Å²) in [6, 6.07) is 14.3. The average Bonchev–Trinajstić information content (AvgIpc) is 2.39. The van der Waals surface area contributed by atoms with Gasteiger partial charge < -0.3 is 16.2 Å². The Balaban J connectivity index is 2.34. The van der Waals surface area contributed by atoms with Crippen molar-refractivity contribution in [2.75, 3.05) is 11.1 Å². The molecule has 0 aliphatic carbocycles. The summed E-state index contributed by atoms with van der Waals surface area (Å²) in [6.07, 6.45) is 0. The van der Waals surface area contributed by atoms with E-state index in [1.807, 2.05) is 0 Å². The number of sulfone groups is 1. The zero-order chi connectivity index (χ0) is 14.8. The van der Waals surface area contributed by atoms with Crippen molar-refractivity contribution in [2.45, 2.75) is 16.9 Å². The highest BCUT2D eigenvalue weighted by Crippen LogP contribution is 2.25. The quantitative estimate of drug-likeness (QED) is 0.590. The standard InChI is InChI=1S/C14H16N2O3S/c1-14(17,16-12-5-3-2-4-6-12)20(18,19)13-9-7-11(15)8-10-13/h2-10,16-17H,15H2,1H3. The summed E-state index contributed by atoms with van der Waals surface area (Å²) >= 11 is 0. The van der Waals surface area contributed by atoms with Gasteiger partial charge in [0.15, 0.2) is 0 Å². The van der Waals surface area contributed by atoms with Crippen LogP contribution in [0.5, 0.6) is 0 Å². The van der Waals surface area contributed by atoms with Crippen LogP contribution in [0, 0.1) is 0 Å². The largest absolute Gasteiger partial charge is 0.399 e. The van der Waals surface area contributed by atoms with Crippen LogP contribution in [-0.2, 0) is 9.84 Å². The van der Waals surface area contributed by atoms with E-state index in [1.165, 1.54) is 31.2 Å². The Bertz CT molecular complexity index is 680. The van der Waals surface area contributed by atoms with Gasteiger partial charge in [-0.3, -0.25) is 0 Å². The van der Waals surface area contributed by atoms with Crippen LogP contribution in [0.2, 0.25) is 0 Å². The maximum Gasteiger partial charge on any atom is 0.242 e. The zero-order valence-corrected chi connectivity index (χ0v) is 11.8. The number of hydrogen-bond donors (Lipinski definition) is 3. The fourth-order valence-electron chi connectivity index (χ4n) is 1.73. The van der Waals surface area contributed by atoms with Crippen molar-refractivity contribution in [3.8, 4) is 0 Å². The third kappa shape index (κ3) is 2.76. The van der Waals surface area contributed by atoms with Gasteiger partial charge in [0.1, 0.15) is 0 Å². The molecule has 0 bridgehead atoms. The molecular weight excluding hydrogens is 276 g/mol. The van der Waals surface area contributed by atoms with Crippen molar-refractivity contribution in [1.29, 1.82) is 0 Å². The summed E-state index contributed by atoms with van der Waals surface area (Å²) < 4.78 is 24.8. The number of nitrogens with two attached hydrogens (primary N) is 1. The molecule has 0 heterocycles. The van der Waals surface area contributed by atoms with Gasteiger partial charge in [0.05, 0.1) is 4.90 Å². The van der Waals surface area contributed by atoms with E-state index < -0.39 is 14.9 Å². The van der Waals surface area contributed by atoms with Crippen LogP contribution in [0.4, 0.5) is 11.4 Å². The highest BCUT2D eigenvalue weighted by Gasteiger charge is 2.38. The van der Waals surface area contributed by atoms with E-state index in [-0.39, 0.29) is 4.90 Å². The molecule has 106 valence electrons. The van der Waals surface area contributed by atoms with Gasteiger partial charge in [0.2, 0.25) is 14.9 Å². The molecule has 0 fully saturated rings. The SMILES string of the molecule is CC(O)(Nc1ccccc1)S(=O)(=O)c1ccc(N)cc1. The van der Waals surface area contributed by atoms with Gasteiger partial charge in [-0.05, 0) is 43.3 Å². The fourth-order valence-corrected chi connectivity index (χ4v) is 2.94. The molecule has 0 radical (unpaired) electrons. The molecule has 2 aromatic carbocycles. The predicted molar refractivity (Wildman–Crippen MR) is 78.7 cm³/mol. The third-order valence-corrected chi connectivity index (χ3v) is 4.91. The summed E-state index contributed by atoms with van der Waals surface area (Å²) in [6.45, 7) is 1.20. The van der Waals surface area contributed by atoms with E-state index in [9.17, 15) is 13.5 Å². The van der Waals surface area contributed by atoms with Crippen LogP contribution in [-0.4, -0.2) is 18.6 Å². The molecule has 0 spiro atoms. The van der Waals surface area contributed by atoms with E-state index in [0.29, 0.717) is 11.4 Å². The van der Waals surface area contributed by atoms with Crippen molar-refractivity contribution in [3.05, 3.63) is 54.6 Å². The molecule has 0 saturated heterocycles. The molecule has 0 saturated carbocycles. The minimum Gasteiger partial charge on any atom is -0.399 e. The van der Waals surface area contributed by atoms with E-state index in [4.69, 9.17) is 5.73 Å². The van der Waals surface area contributed by atoms with Crippen molar-refractivity contribution in [2.24, 2.45) is 0 Å². The third-order valence-electron chi connectivity index (χ3n) is 2.86. The predicted octanol–water partition coefficient (Wildman–Crippen LogP) is 1.82. The lowest BCUT2D eigenvalue weighted by Crippen LogP contribution is -2.43. The molecule has 2 rings (SSSR count). The minimum absolute atomic E-state index is 0.000121. The Morgan fingerprint density at radius 3 is 2.15 bits per heavy atom. The minimum atomic E-state index is -3.96. The summed E-state index contributed by atoms with van der Waals surface area (Å²) in [5.74, 6) is 0. The first kappa shape index (κ1) is 14.4. The van der Waals surface area contributed by atoms with Crippen LogP contribution >= 0.6 is 0 Å². The van der Waals surface area contributed by atoms with Gasteiger partial charge >= 0.3 is 0 Å². The van der Waals surface area contributed by atoms with Gasteiger partial charge in [0.25, 0.3) is 0 Å². The Labute approximate surface area is 118 Å². The molecule has 0 aliphatic heterocycles. The van der Waals surface area contributed by atoms with E-state index in [0.717, 1.165) is 0 Å². The number of para-hydroxylation sites is 1. The molecule has 6 heteroatoms. The first-order valence-electron chi connectivity index (χ1n) is 5.99. The highest BCUT2D eigenvalue weighted by molar-refractivity contribution is 7.92. The topological polar surface area (TPSA) is 92.4 Å². The van der Waals surface area contributed by atoms with Crippen LogP contribution < -0.4 is 11.1 Å². The lowest BCUT2D eigenvalue weighted by molar-refractivity contribution is 0.174. The lowest BCUT2D eigenvalue weighted by atomic mass is 10.3. The molecule has 1 atom stereocenters. The number of aliphatic hydroxyl groups is 1. The molecule has 20 heavy (non-hydrogen) atoms. The summed E-state index contributed by atoms with van der Waals surface area (Å²) in [7, 11) is -3.96. The molecule has 2 aromatic rings. The van der Waals surface area contributed by atoms with Crippen molar-refractivity contribution < 1.29 is 13.5 Å². The first-order valence-corrected chi connectivity index (χ1v) is 7.47. The highest BCUT2D eigenvalue weighted by atomic mass is 32.2. The van der Waals surface area contributed by atoms with Crippen LogP contribution in [0.1, 0.15) is 6.92 Å². The number of benzene rings is 2. The van der Waals surface area contributed by atoms with E-state index in [2.05, 4.69) is 5.32 Å². The Hall–Kier alpha value is -2.05. The second-order valence-corrected chi connectivity index (χ2v) is 6.82. The normalized spacial score (nSPS) is 14.5. The average molecular weight is 292 g/mol. The molecular formula is C14H16N2O3S. The van der Waals surface area contributed by atoms with Crippen molar-refractivity contribution in [1.82, 2.24) is 0 Å². The maximum atomic E-state index is 12.4. The van der Waals surface area contributed by atoms with Crippen molar-refractivity contribution >= 4 is 21.2 Å². The molecule has 0 amide bonds. The van der Waals surface area contributed by atoms with Crippen molar-refractivity contribution in [3.63, 3.8) is 0 Å². The zero-order valence-electron chi connectivity index (χ0n) is 10.9. The fraction of sp³-hybridized carbons (Fsp3) is 0.143. The second kappa shape index (κ2) is 5.15. The molecule has 0 aliphatic rings. The number of anilines is 2. The molecule has 4 N–H and O–H groups in total. The molecule has 1 unspecified atom stereocenters. The summed E-state index contributed by atoms with van der Waals surface area (Å²) in [5, 5.41) is 10.8. The second-order valence-electron chi connectivity index (χ2n) is 4.55. The number of nitrogens with one attached hydrogen (secondary N) is 1. The van der Waals surface area contributed by atoms with E-state index in [1.54, 1.807) is 30.3 Å². The Morgan fingerprint density at radius 1 is 1.05 bits per heavy atom. The molecule has 0 aromatic heterocycles. The van der Waals surface area contributed by atoms with E-state index >= 15 is 0 Å². The maximum absolute atomic E-state index is 12.4. The van der Waals surface area contributed by atoms with Gasteiger partial charge in [0, 0.05) is 11.4 Å². The van der Waals surface area contributed by atoms with Crippen LogP contribution in [0.3, 0.4) is 0 Å². The van der Waals surface area contributed by atoms with Gasteiger partial charge in [-0.1, -0.05) is 18.2 Å². The Morgan fingerprint density at radius 2 is 1.60 bits per heavy atom. The van der Waals surface area contributed by atoms with Crippen LogP contribution in [0.15, 0.2) is 59.5 Å². The number of nitrogen functional groups attached to an aromatic ring is 1. The summed E-state index contributed by atoms with van der Waals surface area (Å²) in [5.41, 5.74) is 6.50. The number of hydrogen-bond acceptors (Lipinski definition) is 5. The molecule has 5 nitrogen and oxygen atoms in total. The van der Waals surface area contributed by atoms with Gasteiger partial charge in [-0.2, -0.15) is 0 Å². The number of rotatable bonds is 4. The lowest BCUT2D eigenvalue weighted by Gasteiger charge is -2.25. The Kier molecular flexibility index (Phi) is 3.69. The smallest absolute Gasteiger partial charge is 0.242 e.